The molecule has 18 N–H and O–H groups in total. The zero-order valence-corrected chi connectivity index (χ0v) is 50.9. The number of carbonyl (C=O) groups excluding carboxylic acids is 10. The standard InChI is InChI=1S/C56H82N12O18S2/c1-28(2)44(56(85)86)66-53(82)40(27-88)65-50(79)37(24-32-15-17-33(70)18-16-32)61-48(77)35(13-8-9-21-57)60-46(75)29(3)59-49(78)36(23-31-11-6-5-7-12-31)62-52(81)39(26-87)64-51(80)38(25-43(73)74)63-54(83)41-14-10-22-68(41)55(84)45(30(4)69)67-47(76)34(58)19-20-42(71)72/h5-7,11-12,15-18,28-30,34-41,44-45,69-70,87-88H,8-10,13-14,19-27,57-58H2,1-4H3,(H,59,78)(H,60,75)(H,61,77)(H,62,81)(H,63,83)(H,64,80)(H,65,79)(H,66,82)(H,67,76)(H,71,72)(H,73,74)(H,85,86)/t29?,30-,34+,35+,36+,37+,38+,39+,40+,41-,44+,45+/m1/s1. The van der Waals surface area contributed by atoms with Gasteiger partial charge >= 0.3 is 17.9 Å². The Hall–Kier alpha value is -8.07. The first-order valence-corrected chi connectivity index (χ1v) is 29.7. The van der Waals surface area contributed by atoms with Gasteiger partial charge in [-0.25, -0.2) is 4.79 Å². The van der Waals surface area contributed by atoms with E-state index in [1.807, 2.05) is 0 Å². The molecule has 1 saturated heterocycles. The Balaban J connectivity index is 1.83. The van der Waals surface area contributed by atoms with Crippen molar-refractivity contribution in [2.24, 2.45) is 17.4 Å². The SMILES string of the molecule is CC(NC(=O)[C@H](Cc1ccccc1)NC(=O)[C@H](CS)NC(=O)[C@H](CC(=O)O)NC(=O)[C@H]1CCCN1C(=O)[C@@H](NC(=O)[C@@H](N)CCC(=O)O)[C@@H](C)O)C(=O)N[C@@H](CCCCN)C(=O)N[C@@H](Cc1ccc(O)cc1)C(=O)N[C@@H](CS)C(=O)N[C@H](C(=O)O)C(C)C. The Bertz CT molecular complexity index is 2760. The van der Waals surface area contributed by atoms with Crippen LogP contribution in [-0.2, 0) is 75.2 Å². The summed E-state index contributed by atoms with van der Waals surface area (Å²) in [5.74, 6) is -15.1. The predicted octanol–water partition coefficient (Wildman–Crippen LogP) is -3.67. The van der Waals surface area contributed by atoms with Crippen molar-refractivity contribution in [3.63, 3.8) is 0 Å². The van der Waals surface area contributed by atoms with E-state index in [-0.39, 0.29) is 69.5 Å². The van der Waals surface area contributed by atoms with Crippen LogP contribution in [0.15, 0.2) is 54.6 Å². The van der Waals surface area contributed by atoms with Crippen molar-refractivity contribution in [2.45, 2.75) is 164 Å². The van der Waals surface area contributed by atoms with Gasteiger partial charge in [0.05, 0.1) is 18.6 Å². The zero-order chi connectivity index (χ0) is 65.9. The lowest BCUT2D eigenvalue weighted by Crippen LogP contribution is -2.61. The number of aliphatic hydroxyl groups excluding tert-OH is 1. The number of carboxylic acid groups (broad SMARTS) is 3. The number of hydrogen-bond acceptors (Lipinski definition) is 19. The number of nitrogens with zero attached hydrogens (tertiary/aromatic N) is 1. The van der Waals surface area contributed by atoms with Gasteiger partial charge in [-0.1, -0.05) is 56.3 Å². The van der Waals surface area contributed by atoms with Crippen molar-refractivity contribution < 1.29 is 87.9 Å². The van der Waals surface area contributed by atoms with Crippen LogP contribution < -0.4 is 59.3 Å². The summed E-state index contributed by atoms with van der Waals surface area (Å²) in [4.78, 5) is 174. The second-order valence-corrected chi connectivity index (χ2v) is 22.2. The summed E-state index contributed by atoms with van der Waals surface area (Å²) >= 11 is 8.40. The van der Waals surface area contributed by atoms with E-state index >= 15 is 0 Å². The first kappa shape index (κ1) is 74.2. The number of hydrogen-bond donors (Lipinski definition) is 18. The van der Waals surface area contributed by atoms with Crippen LogP contribution in [0.5, 0.6) is 5.75 Å². The van der Waals surface area contributed by atoms with E-state index in [1.54, 1.807) is 44.2 Å². The highest BCUT2D eigenvalue weighted by Crippen LogP contribution is 2.21. The Morgan fingerprint density at radius 1 is 0.568 bits per heavy atom. The number of aliphatic hydroxyl groups is 1. The molecule has 12 atom stereocenters. The van der Waals surface area contributed by atoms with Crippen molar-refractivity contribution in [2.75, 3.05) is 24.6 Å². The van der Waals surface area contributed by atoms with Crippen molar-refractivity contribution in [3.05, 3.63) is 65.7 Å². The third-order valence-corrected chi connectivity index (χ3v) is 14.8. The molecule has 1 unspecified atom stereocenters. The predicted molar refractivity (Wildman–Crippen MR) is 322 cm³/mol. The van der Waals surface area contributed by atoms with E-state index in [9.17, 15) is 82.8 Å². The van der Waals surface area contributed by atoms with E-state index in [1.165, 1.54) is 38.1 Å². The van der Waals surface area contributed by atoms with Gasteiger partial charge in [0.25, 0.3) is 0 Å². The minimum absolute atomic E-state index is 0.000499. The third kappa shape index (κ3) is 24.2. The number of thiol groups is 2. The molecule has 0 aliphatic carbocycles. The molecule has 2 aromatic carbocycles. The summed E-state index contributed by atoms with van der Waals surface area (Å²) in [6, 6.07) is -2.38. The smallest absolute Gasteiger partial charge is 0.326 e. The monoisotopic (exact) mass is 1270 g/mol. The molecule has 2 aromatic rings. The number of carbonyl (C=O) groups is 13. The van der Waals surface area contributed by atoms with E-state index in [2.05, 4.69) is 73.1 Å². The van der Waals surface area contributed by atoms with Crippen LogP contribution in [0.2, 0.25) is 0 Å². The molecule has 1 aliphatic heterocycles. The van der Waals surface area contributed by atoms with Gasteiger partial charge in [-0.3, -0.25) is 57.5 Å². The molecule has 0 aromatic heterocycles. The fraction of sp³-hybridized carbons (Fsp3) is 0.554. The zero-order valence-electron chi connectivity index (χ0n) is 49.1. The first-order chi connectivity index (χ1) is 41.5. The summed E-state index contributed by atoms with van der Waals surface area (Å²) in [6.45, 7) is 5.74. The Morgan fingerprint density at radius 2 is 1.06 bits per heavy atom. The van der Waals surface area contributed by atoms with Crippen LogP contribution in [0, 0.1) is 5.92 Å². The number of unbranched alkanes of at least 4 members (excludes halogenated alkanes) is 1. The van der Waals surface area contributed by atoms with Gasteiger partial charge in [0.2, 0.25) is 59.1 Å². The third-order valence-electron chi connectivity index (χ3n) is 14.0. The number of rotatable bonds is 37. The van der Waals surface area contributed by atoms with Gasteiger partial charge in [0, 0.05) is 37.3 Å². The second kappa shape index (κ2) is 36.9. The average molecular weight is 1280 g/mol. The van der Waals surface area contributed by atoms with Crippen molar-refractivity contribution in [1.82, 2.24) is 52.8 Å². The molecule has 10 amide bonds. The van der Waals surface area contributed by atoms with Gasteiger partial charge in [-0.15, -0.1) is 0 Å². The summed E-state index contributed by atoms with van der Waals surface area (Å²) in [6.07, 6.45) is -2.86. The number of likely N-dealkylation sites (tertiary alicyclic amines) is 1. The van der Waals surface area contributed by atoms with E-state index in [4.69, 9.17) is 16.6 Å². The lowest BCUT2D eigenvalue weighted by molar-refractivity contribution is -0.145. The highest BCUT2D eigenvalue weighted by molar-refractivity contribution is 7.80. The molecule has 32 heteroatoms. The largest absolute Gasteiger partial charge is 0.508 e. The molecular weight excluding hydrogens is 1190 g/mol. The minimum Gasteiger partial charge on any atom is -0.508 e. The van der Waals surface area contributed by atoms with E-state index in [0.29, 0.717) is 17.5 Å². The van der Waals surface area contributed by atoms with Crippen molar-refractivity contribution in [3.8, 4) is 5.75 Å². The van der Waals surface area contributed by atoms with Crippen LogP contribution in [0.3, 0.4) is 0 Å². The molecule has 0 spiro atoms. The van der Waals surface area contributed by atoms with Gasteiger partial charge in [0.1, 0.15) is 66.2 Å². The maximum Gasteiger partial charge on any atom is 0.326 e. The highest BCUT2D eigenvalue weighted by Gasteiger charge is 2.42. The van der Waals surface area contributed by atoms with Crippen molar-refractivity contribution >= 4 is 102 Å². The molecule has 3 rings (SSSR count). The van der Waals surface area contributed by atoms with Gasteiger partial charge < -0.3 is 89.8 Å². The van der Waals surface area contributed by atoms with Gasteiger partial charge in [-0.05, 0) is 88.1 Å². The van der Waals surface area contributed by atoms with Crippen LogP contribution >= 0.6 is 25.3 Å². The van der Waals surface area contributed by atoms with E-state index < -0.39 is 174 Å². The normalized spacial score (nSPS) is 16.6. The quantitative estimate of drug-likeness (QED) is 0.0229. The number of phenolic OH excluding ortho intramolecular Hbond substituents is 1. The molecule has 30 nitrogen and oxygen atoms in total. The maximum absolute atomic E-state index is 14.2. The Kier molecular flexibility index (Phi) is 31.1. The summed E-state index contributed by atoms with van der Waals surface area (Å²) in [5, 5.41) is 70.9. The molecule has 0 radical (unpaired) electrons. The molecule has 1 fully saturated rings. The summed E-state index contributed by atoms with van der Waals surface area (Å²) in [7, 11) is 0. The number of nitrogens with one attached hydrogen (secondary N) is 9. The number of aliphatic carboxylic acids is 3. The molecule has 1 heterocycles. The molecule has 88 heavy (non-hydrogen) atoms. The van der Waals surface area contributed by atoms with Gasteiger partial charge in [0.15, 0.2) is 0 Å². The van der Waals surface area contributed by atoms with Crippen LogP contribution in [0.25, 0.3) is 0 Å². The summed E-state index contributed by atoms with van der Waals surface area (Å²) in [5.41, 5.74) is 12.5. The number of aromatic hydroxyl groups is 1. The number of nitrogens with two attached hydrogens (primary N) is 2. The molecule has 486 valence electrons. The molecule has 0 bridgehead atoms. The summed E-state index contributed by atoms with van der Waals surface area (Å²) < 4.78 is 0. The molecule has 1 aliphatic rings. The van der Waals surface area contributed by atoms with Crippen LogP contribution in [0.1, 0.15) is 90.2 Å². The molecular formula is C56H82N12O18S2. The number of amides is 10. The number of benzene rings is 2. The lowest BCUT2D eigenvalue weighted by Gasteiger charge is -2.31. The lowest BCUT2D eigenvalue weighted by atomic mass is 10.0. The van der Waals surface area contributed by atoms with E-state index in [0.717, 1.165) is 4.90 Å². The number of carboxylic acids is 3. The topological polar surface area (TPSA) is 487 Å². The molecule has 0 saturated carbocycles. The fourth-order valence-corrected chi connectivity index (χ4v) is 9.53. The fourth-order valence-electron chi connectivity index (χ4n) is 9.01. The van der Waals surface area contributed by atoms with Crippen LogP contribution in [0.4, 0.5) is 0 Å². The Morgan fingerprint density at radius 3 is 1.57 bits per heavy atom. The maximum atomic E-state index is 14.2. The first-order valence-electron chi connectivity index (χ1n) is 28.4. The van der Waals surface area contributed by atoms with Gasteiger partial charge in [-0.2, -0.15) is 25.3 Å². The Labute approximate surface area is 518 Å². The minimum atomic E-state index is -1.88. The highest BCUT2D eigenvalue weighted by atomic mass is 32.1. The number of phenols is 1. The van der Waals surface area contributed by atoms with Crippen LogP contribution in [-0.4, -0.2) is 205 Å². The second-order valence-electron chi connectivity index (χ2n) is 21.4. The average Bonchev–Trinajstić information content (AvgIpc) is 2.03. The van der Waals surface area contributed by atoms with Crippen molar-refractivity contribution in [1.29, 1.82) is 0 Å².